The summed E-state index contributed by atoms with van der Waals surface area (Å²) in [6.45, 7) is 6.54. The summed E-state index contributed by atoms with van der Waals surface area (Å²) in [5.41, 5.74) is 1.21. The van der Waals surface area contributed by atoms with Gasteiger partial charge in [-0.15, -0.1) is 35.1 Å². The lowest BCUT2D eigenvalue weighted by Gasteiger charge is -2.31. The van der Waals surface area contributed by atoms with Crippen molar-refractivity contribution in [2.24, 2.45) is 0 Å². The standard InChI is InChI=1S/C13H17N3S2.ClH/c1-10-7-16(5-4-14-10)8-11-9-18-13(15-11)12-3-2-6-17-12;/h2-3,6,9-10,14H,4-5,7-8H2,1H3;1H/t10-;/m0./s1. The van der Waals surface area contributed by atoms with Crippen molar-refractivity contribution in [3.8, 4) is 9.88 Å². The zero-order valence-corrected chi connectivity index (χ0v) is 13.3. The number of rotatable bonds is 3. The van der Waals surface area contributed by atoms with E-state index in [4.69, 9.17) is 4.98 Å². The minimum atomic E-state index is 0. The molecule has 0 unspecified atom stereocenters. The lowest BCUT2D eigenvalue weighted by molar-refractivity contribution is 0.198. The Kier molecular flexibility index (Phi) is 5.36. The second-order valence-electron chi connectivity index (χ2n) is 4.71. The lowest BCUT2D eigenvalue weighted by Crippen LogP contribution is -2.48. The Morgan fingerprint density at radius 1 is 1.47 bits per heavy atom. The zero-order chi connectivity index (χ0) is 12.4. The molecule has 3 nitrogen and oxygen atoms in total. The van der Waals surface area contributed by atoms with Gasteiger partial charge in [-0.05, 0) is 18.4 Å². The van der Waals surface area contributed by atoms with Crippen LogP contribution in [0.4, 0.5) is 0 Å². The van der Waals surface area contributed by atoms with Crippen molar-refractivity contribution in [1.82, 2.24) is 15.2 Å². The first-order valence-corrected chi connectivity index (χ1v) is 8.01. The highest BCUT2D eigenvalue weighted by Gasteiger charge is 2.16. The molecular weight excluding hydrogens is 298 g/mol. The second kappa shape index (κ2) is 6.81. The van der Waals surface area contributed by atoms with Gasteiger partial charge in [0, 0.05) is 37.6 Å². The average molecular weight is 316 g/mol. The van der Waals surface area contributed by atoms with Crippen molar-refractivity contribution >= 4 is 35.1 Å². The molecule has 0 aromatic carbocycles. The quantitative estimate of drug-likeness (QED) is 0.943. The molecule has 6 heteroatoms. The van der Waals surface area contributed by atoms with E-state index in [1.807, 2.05) is 0 Å². The van der Waals surface area contributed by atoms with Gasteiger partial charge >= 0.3 is 0 Å². The highest BCUT2D eigenvalue weighted by molar-refractivity contribution is 7.20. The Balaban J connectivity index is 0.00000133. The first kappa shape index (κ1) is 14.9. The minimum Gasteiger partial charge on any atom is -0.312 e. The summed E-state index contributed by atoms with van der Waals surface area (Å²) in [7, 11) is 0. The van der Waals surface area contributed by atoms with Crippen LogP contribution in [0.5, 0.6) is 0 Å². The van der Waals surface area contributed by atoms with Crippen LogP contribution in [-0.2, 0) is 6.54 Å². The molecule has 0 aliphatic carbocycles. The maximum atomic E-state index is 4.74. The van der Waals surface area contributed by atoms with Gasteiger partial charge in [0.2, 0.25) is 0 Å². The molecule has 0 bridgehead atoms. The van der Waals surface area contributed by atoms with Crippen LogP contribution < -0.4 is 5.32 Å². The van der Waals surface area contributed by atoms with Gasteiger partial charge in [-0.2, -0.15) is 0 Å². The molecule has 0 amide bonds. The molecule has 19 heavy (non-hydrogen) atoms. The molecule has 1 saturated heterocycles. The van der Waals surface area contributed by atoms with E-state index in [0.29, 0.717) is 6.04 Å². The van der Waals surface area contributed by atoms with E-state index in [-0.39, 0.29) is 12.4 Å². The Bertz CT molecular complexity index is 498. The number of piperazine rings is 1. The summed E-state index contributed by atoms with van der Waals surface area (Å²) >= 11 is 3.51. The van der Waals surface area contributed by atoms with Crippen LogP contribution in [0.1, 0.15) is 12.6 Å². The Labute approximate surface area is 128 Å². The number of thiazole rings is 1. The molecular formula is C13H18ClN3S2. The molecule has 1 aliphatic rings. The van der Waals surface area contributed by atoms with Crippen LogP contribution in [0.25, 0.3) is 9.88 Å². The van der Waals surface area contributed by atoms with Crippen molar-refractivity contribution in [2.45, 2.75) is 19.5 Å². The molecule has 0 saturated carbocycles. The maximum Gasteiger partial charge on any atom is 0.133 e. The van der Waals surface area contributed by atoms with E-state index in [2.05, 4.69) is 40.0 Å². The number of halogens is 1. The predicted octanol–water partition coefficient (Wildman–Crippen LogP) is 3.09. The minimum absolute atomic E-state index is 0. The molecule has 2 aromatic heterocycles. The number of thiophene rings is 1. The highest BCUT2D eigenvalue weighted by Crippen LogP contribution is 2.28. The number of nitrogens with one attached hydrogen (secondary N) is 1. The predicted molar refractivity (Wildman–Crippen MR) is 85.4 cm³/mol. The van der Waals surface area contributed by atoms with E-state index in [9.17, 15) is 0 Å². The molecule has 0 spiro atoms. The van der Waals surface area contributed by atoms with Crippen molar-refractivity contribution in [1.29, 1.82) is 0 Å². The summed E-state index contributed by atoms with van der Waals surface area (Å²) in [4.78, 5) is 8.50. The maximum absolute atomic E-state index is 4.74. The highest BCUT2D eigenvalue weighted by atomic mass is 35.5. The molecule has 0 radical (unpaired) electrons. The van der Waals surface area contributed by atoms with Crippen LogP contribution in [-0.4, -0.2) is 35.6 Å². The summed E-state index contributed by atoms with van der Waals surface area (Å²) in [6, 6.07) is 4.81. The fourth-order valence-corrected chi connectivity index (χ4v) is 3.90. The molecule has 2 aromatic rings. The summed E-state index contributed by atoms with van der Waals surface area (Å²) in [6.07, 6.45) is 0. The summed E-state index contributed by atoms with van der Waals surface area (Å²) < 4.78 is 0. The van der Waals surface area contributed by atoms with E-state index in [0.717, 1.165) is 31.2 Å². The molecule has 3 rings (SSSR count). The first-order valence-electron chi connectivity index (χ1n) is 6.25. The molecule has 1 N–H and O–H groups in total. The number of aromatic nitrogens is 1. The number of nitrogens with zero attached hydrogens (tertiary/aromatic N) is 2. The third-order valence-corrected chi connectivity index (χ3v) is 5.05. The zero-order valence-electron chi connectivity index (χ0n) is 10.8. The third-order valence-electron chi connectivity index (χ3n) is 3.12. The monoisotopic (exact) mass is 315 g/mol. The van der Waals surface area contributed by atoms with Crippen LogP contribution in [0.2, 0.25) is 0 Å². The van der Waals surface area contributed by atoms with E-state index in [1.54, 1.807) is 22.7 Å². The normalized spacial score (nSPS) is 20.2. The molecule has 1 atom stereocenters. The van der Waals surface area contributed by atoms with Crippen LogP contribution in [0.3, 0.4) is 0 Å². The van der Waals surface area contributed by atoms with Gasteiger partial charge in [0.15, 0.2) is 0 Å². The molecule has 1 aliphatic heterocycles. The summed E-state index contributed by atoms with van der Waals surface area (Å²) in [5.74, 6) is 0. The smallest absolute Gasteiger partial charge is 0.133 e. The fourth-order valence-electron chi connectivity index (χ4n) is 2.28. The van der Waals surface area contributed by atoms with Crippen molar-refractivity contribution in [3.05, 3.63) is 28.6 Å². The van der Waals surface area contributed by atoms with Gasteiger partial charge in [-0.3, -0.25) is 4.90 Å². The van der Waals surface area contributed by atoms with Gasteiger partial charge in [0.05, 0.1) is 10.6 Å². The summed E-state index contributed by atoms with van der Waals surface area (Å²) in [5, 5.41) is 8.92. The van der Waals surface area contributed by atoms with E-state index < -0.39 is 0 Å². The molecule has 1 fully saturated rings. The Hall–Kier alpha value is -0.460. The molecule has 3 heterocycles. The molecule has 104 valence electrons. The van der Waals surface area contributed by atoms with Crippen molar-refractivity contribution < 1.29 is 0 Å². The van der Waals surface area contributed by atoms with Crippen LogP contribution in [0.15, 0.2) is 22.9 Å². The van der Waals surface area contributed by atoms with E-state index in [1.165, 1.54) is 10.6 Å². The number of hydrogen-bond donors (Lipinski definition) is 1. The first-order chi connectivity index (χ1) is 8.81. The van der Waals surface area contributed by atoms with Crippen molar-refractivity contribution in [3.63, 3.8) is 0 Å². The van der Waals surface area contributed by atoms with Gasteiger partial charge in [-0.1, -0.05) is 6.07 Å². The average Bonchev–Trinajstić information content (AvgIpc) is 2.98. The van der Waals surface area contributed by atoms with Gasteiger partial charge < -0.3 is 5.32 Å². The Morgan fingerprint density at radius 3 is 3.11 bits per heavy atom. The fraction of sp³-hybridized carbons (Fsp3) is 0.462. The lowest BCUT2D eigenvalue weighted by atomic mass is 10.2. The van der Waals surface area contributed by atoms with Gasteiger partial charge in [0.25, 0.3) is 0 Å². The van der Waals surface area contributed by atoms with Gasteiger partial charge in [0.1, 0.15) is 5.01 Å². The van der Waals surface area contributed by atoms with Gasteiger partial charge in [-0.25, -0.2) is 4.98 Å². The van der Waals surface area contributed by atoms with Crippen LogP contribution in [0, 0.1) is 0 Å². The largest absolute Gasteiger partial charge is 0.312 e. The topological polar surface area (TPSA) is 28.2 Å². The van der Waals surface area contributed by atoms with Crippen LogP contribution >= 0.6 is 35.1 Å². The SMILES string of the molecule is C[C@H]1CN(Cc2csc(-c3cccs3)n2)CCN1.Cl. The van der Waals surface area contributed by atoms with E-state index >= 15 is 0 Å². The van der Waals surface area contributed by atoms with Crippen molar-refractivity contribution in [2.75, 3.05) is 19.6 Å². The second-order valence-corrected chi connectivity index (χ2v) is 6.52. The third kappa shape index (κ3) is 3.77. The Morgan fingerprint density at radius 2 is 2.37 bits per heavy atom. The number of hydrogen-bond acceptors (Lipinski definition) is 5.